The first-order valence-electron chi connectivity index (χ1n) is 14.4. The third-order valence-corrected chi connectivity index (χ3v) is 7.97. The molecule has 0 aliphatic carbocycles. The van der Waals surface area contributed by atoms with Gasteiger partial charge in [-0.3, -0.25) is 4.79 Å². The Morgan fingerprint density at radius 2 is 1.48 bits per heavy atom. The zero-order valence-electron chi connectivity index (χ0n) is 26.6. The molecule has 2 aromatic carbocycles. The van der Waals surface area contributed by atoms with Crippen molar-refractivity contribution >= 4 is 28.7 Å². The fourth-order valence-electron chi connectivity index (χ4n) is 4.37. The van der Waals surface area contributed by atoms with Gasteiger partial charge < -0.3 is 20.6 Å². The summed E-state index contributed by atoms with van der Waals surface area (Å²) in [5, 5.41) is 0.625. The number of thioether (sulfide) groups is 1. The number of furan rings is 1. The van der Waals surface area contributed by atoms with Crippen LogP contribution in [0.15, 0.2) is 57.8 Å². The summed E-state index contributed by atoms with van der Waals surface area (Å²) in [6, 6.07) is 12.5. The van der Waals surface area contributed by atoms with Crippen LogP contribution >= 0.6 is 11.8 Å². The molecule has 268 valence electrons. The second-order valence-corrected chi connectivity index (χ2v) is 13.3. The van der Waals surface area contributed by atoms with Crippen molar-refractivity contribution in [2.45, 2.75) is 88.7 Å². The molecule has 0 saturated carbocycles. The maximum atomic E-state index is 14.3. The molecule has 0 bridgehead atoms. The van der Waals surface area contributed by atoms with Crippen LogP contribution in [0.1, 0.15) is 46.6 Å². The Balaban J connectivity index is 1.58. The van der Waals surface area contributed by atoms with E-state index < -0.39 is 60.1 Å². The Bertz CT molecular complexity index is 1560. The van der Waals surface area contributed by atoms with Gasteiger partial charge in [-0.25, -0.2) is 14.2 Å². The molecule has 3 aromatic rings. The van der Waals surface area contributed by atoms with E-state index in [1.54, 1.807) is 26.0 Å². The van der Waals surface area contributed by atoms with E-state index in [0.29, 0.717) is 28.5 Å². The summed E-state index contributed by atoms with van der Waals surface area (Å²) in [6.45, 7) is 5.38. The van der Waals surface area contributed by atoms with Crippen LogP contribution in [-0.4, -0.2) is 54.7 Å². The molecule has 0 aliphatic rings. The van der Waals surface area contributed by atoms with Gasteiger partial charge in [-0.15, -0.1) is 29.3 Å². The number of fused-ring (bicyclic) bond motifs is 1. The first-order valence-corrected chi connectivity index (χ1v) is 15.4. The zero-order valence-corrected chi connectivity index (χ0v) is 27.4. The van der Waals surface area contributed by atoms with Crippen LogP contribution in [0.4, 0.5) is 35.1 Å². The fourth-order valence-corrected chi connectivity index (χ4v) is 5.11. The Labute approximate surface area is 275 Å². The number of hydrogen-bond acceptors (Lipinski definition) is 9. The summed E-state index contributed by atoms with van der Waals surface area (Å²) in [5.41, 5.74) is 11.4. The second kappa shape index (κ2) is 14.5. The quantitative estimate of drug-likeness (QED) is 0.0618. The lowest BCUT2D eigenvalue weighted by atomic mass is 9.79. The van der Waals surface area contributed by atoms with E-state index in [1.807, 2.05) is 31.2 Å². The summed E-state index contributed by atoms with van der Waals surface area (Å²) in [5.74, 6) is -2.38. The number of carbonyl (C=O) groups excluding carboxylic acids is 1. The molecule has 48 heavy (non-hydrogen) atoms. The number of aryl methyl sites for hydroxylation is 1. The number of alkyl halides is 8. The number of benzene rings is 2. The van der Waals surface area contributed by atoms with Gasteiger partial charge >= 0.3 is 30.8 Å². The molecule has 0 spiro atoms. The maximum absolute atomic E-state index is 14.3. The molecule has 0 aliphatic heterocycles. The molecule has 1 atom stereocenters. The summed E-state index contributed by atoms with van der Waals surface area (Å²) in [4.78, 5) is 12.4. The van der Waals surface area contributed by atoms with E-state index in [-0.39, 0.29) is 11.3 Å². The van der Waals surface area contributed by atoms with Crippen molar-refractivity contribution in [2.24, 2.45) is 16.9 Å². The first-order chi connectivity index (χ1) is 21.8. The Hall–Kier alpha value is -2.96. The Morgan fingerprint density at radius 1 is 0.875 bits per heavy atom. The average molecular weight is 717 g/mol. The van der Waals surface area contributed by atoms with Crippen molar-refractivity contribution in [1.29, 1.82) is 0 Å². The van der Waals surface area contributed by atoms with E-state index in [0.717, 1.165) is 17.5 Å². The van der Waals surface area contributed by atoms with Crippen molar-refractivity contribution in [2.75, 3.05) is 12.4 Å². The van der Waals surface area contributed by atoms with E-state index in [9.17, 15) is 39.9 Å². The third-order valence-electron chi connectivity index (χ3n) is 6.91. The van der Waals surface area contributed by atoms with E-state index in [2.05, 4.69) is 18.9 Å². The van der Waals surface area contributed by atoms with Gasteiger partial charge in [-0.1, -0.05) is 31.2 Å². The molecule has 0 saturated heterocycles. The number of hydrogen-bond donors (Lipinski definition) is 2. The van der Waals surface area contributed by atoms with Crippen molar-refractivity contribution in [1.82, 2.24) is 0 Å². The molecule has 0 amide bonds. The predicted molar refractivity (Wildman–Crippen MR) is 160 cm³/mol. The molecule has 1 aromatic heterocycles. The molecule has 0 radical (unpaired) electrons. The topological polar surface area (TPSA) is 119 Å². The number of ether oxygens (including phenoxy) is 4. The number of rotatable bonds is 17. The number of esters is 1. The van der Waals surface area contributed by atoms with Gasteiger partial charge in [0, 0.05) is 27.4 Å². The van der Waals surface area contributed by atoms with Gasteiger partial charge in [-0.05, 0) is 70.4 Å². The third kappa shape index (κ3) is 11.3. The standard InChI is InChI=1S/C31H36F8N2O6S/c1-6-18-9-7-8-10-21(18)23-13-19-11-12-20(14-22(19)44-23)48-17-29(34,35)46-31(38,39)47-30(36,37)45-28(32,33)16-43-25(42)27(4,5)24(40)15-26(2,3)41/h7-14,24H,6,15-17,40-41H2,1-5H3. The van der Waals surface area contributed by atoms with Crippen molar-refractivity contribution in [3.8, 4) is 11.3 Å². The van der Waals surface area contributed by atoms with Gasteiger partial charge in [-0.2, -0.15) is 17.6 Å². The minimum atomic E-state index is -5.89. The van der Waals surface area contributed by atoms with Crippen molar-refractivity contribution in [3.05, 3.63) is 54.1 Å². The summed E-state index contributed by atoms with van der Waals surface area (Å²) >= 11 is 0.313. The maximum Gasteiger partial charge on any atom is 0.496 e. The highest BCUT2D eigenvalue weighted by molar-refractivity contribution is 7.99. The average Bonchev–Trinajstić information content (AvgIpc) is 3.35. The van der Waals surface area contributed by atoms with Crippen LogP contribution in [0.3, 0.4) is 0 Å². The van der Waals surface area contributed by atoms with E-state index in [1.165, 1.54) is 26.0 Å². The summed E-state index contributed by atoms with van der Waals surface area (Å²) in [6.07, 6.45) is -20.9. The van der Waals surface area contributed by atoms with E-state index in [4.69, 9.17) is 15.9 Å². The SMILES string of the molecule is CCc1ccccc1-c1cc2ccc(SCC(F)(F)OC(F)(F)OC(F)(F)OC(F)(F)COC(=O)C(C)(C)C(N)CC(C)(C)N)cc2o1. The van der Waals surface area contributed by atoms with Gasteiger partial charge in [0.2, 0.25) is 0 Å². The fraction of sp³-hybridized carbons (Fsp3) is 0.516. The molecular weight excluding hydrogens is 680 g/mol. The molecule has 1 heterocycles. The van der Waals surface area contributed by atoms with Crippen LogP contribution in [0, 0.1) is 5.41 Å². The van der Waals surface area contributed by atoms with E-state index >= 15 is 0 Å². The highest BCUT2D eigenvalue weighted by atomic mass is 32.2. The second-order valence-electron chi connectivity index (χ2n) is 12.2. The lowest BCUT2D eigenvalue weighted by Gasteiger charge is -2.34. The largest absolute Gasteiger partial charge is 0.496 e. The molecule has 8 nitrogen and oxygen atoms in total. The first kappa shape index (κ1) is 39.5. The van der Waals surface area contributed by atoms with Gasteiger partial charge in [0.1, 0.15) is 11.3 Å². The molecule has 4 N–H and O–H groups in total. The monoisotopic (exact) mass is 716 g/mol. The van der Waals surface area contributed by atoms with Gasteiger partial charge in [0.05, 0.1) is 11.2 Å². The Kier molecular flexibility index (Phi) is 11.9. The highest BCUT2D eigenvalue weighted by Gasteiger charge is 2.57. The highest BCUT2D eigenvalue weighted by Crippen LogP contribution is 2.40. The summed E-state index contributed by atoms with van der Waals surface area (Å²) < 4.78 is 132. The van der Waals surface area contributed by atoms with Crippen LogP contribution < -0.4 is 11.5 Å². The minimum Gasteiger partial charge on any atom is -0.456 e. The Morgan fingerprint density at radius 3 is 2.08 bits per heavy atom. The molecule has 1 unspecified atom stereocenters. The van der Waals surface area contributed by atoms with Crippen LogP contribution in [-0.2, 0) is 30.2 Å². The zero-order chi connectivity index (χ0) is 36.3. The van der Waals surface area contributed by atoms with Crippen molar-refractivity contribution < 1.29 is 63.3 Å². The molecule has 3 rings (SSSR count). The normalized spacial score (nSPS) is 14.4. The minimum absolute atomic E-state index is 0.0285. The molecule has 17 heteroatoms. The number of carbonyl (C=O) groups is 1. The summed E-state index contributed by atoms with van der Waals surface area (Å²) in [7, 11) is 0. The molecule has 0 fully saturated rings. The lowest BCUT2D eigenvalue weighted by molar-refractivity contribution is -0.572. The van der Waals surface area contributed by atoms with Crippen LogP contribution in [0.5, 0.6) is 0 Å². The number of halogens is 8. The lowest BCUT2D eigenvalue weighted by Crippen LogP contribution is -2.51. The number of nitrogens with two attached hydrogens (primary N) is 2. The smallest absolute Gasteiger partial charge is 0.456 e. The predicted octanol–water partition coefficient (Wildman–Crippen LogP) is 8.11. The van der Waals surface area contributed by atoms with Crippen LogP contribution in [0.2, 0.25) is 0 Å². The van der Waals surface area contributed by atoms with Crippen molar-refractivity contribution in [3.63, 3.8) is 0 Å². The molecular formula is C31H36F8N2O6S. The van der Waals surface area contributed by atoms with Gasteiger partial charge in [0.15, 0.2) is 6.61 Å². The van der Waals surface area contributed by atoms with Gasteiger partial charge in [0.25, 0.3) is 0 Å². The van der Waals surface area contributed by atoms with Crippen LogP contribution in [0.25, 0.3) is 22.3 Å².